The van der Waals surface area contributed by atoms with Crippen LogP contribution in [0, 0.1) is 0 Å². The minimum Gasteiger partial charge on any atom is -0.384 e. The second-order valence-electron chi connectivity index (χ2n) is 3.84. The maximum atomic E-state index is 11.7. The topological polar surface area (TPSA) is 98.7 Å². The van der Waals surface area contributed by atoms with E-state index in [1.165, 1.54) is 6.20 Å². The second-order valence-corrected chi connectivity index (χ2v) is 3.84. The Morgan fingerprint density at radius 1 is 1.50 bits per heavy atom. The van der Waals surface area contributed by atoms with Crippen molar-refractivity contribution in [3.63, 3.8) is 0 Å². The van der Waals surface area contributed by atoms with Gasteiger partial charge in [0, 0.05) is 26.2 Å². The minimum atomic E-state index is -0.176. The molecule has 0 saturated carbocycles. The molecular formula is C11H14N6O. The smallest absolute Gasteiger partial charge is 0.252 e. The lowest BCUT2D eigenvalue weighted by Crippen LogP contribution is -2.26. The van der Waals surface area contributed by atoms with Crippen molar-refractivity contribution in [2.45, 2.75) is 6.42 Å². The van der Waals surface area contributed by atoms with Gasteiger partial charge < -0.3 is 15.6 Å². The van der Waals surface area contributed by atoms with Crippen LogP contribution in [0.5, 0.6) is 0 Å². The molecule has 0 radical (unpaired) electrons. The van der Waals surface area contributed by atoms with Crippen LogP contribution >= 0.6 is 0 Å². The molecule has 0 aliphatic heterocycles. The maximum absolute atomic E-state index is 11.7. The molecule has 0 atom stereocenters. The number of nitrogens with one attached hydrogen (secondary N) is 1. The first-order valence-corrected chi connectivity index (χ1v) is 5.49. The van der Waals surface area contributed by atoms with Crippen LogP contribution in [0.4, 0.5) is 5.82 Å². The van der Waals surface area contributed by atoms with Crippen LogP contribution in [-0.4, -0.2) is 32.2 Å². The zero-order valence-electron chi connectivity index (χ0n) is 10.00. The van der Waals surface area contributed by atoms with E-state index in [1.807, 2.05) is 11.6 Å². The summed E-state index contributed by atoms with van der Waals surface area (Å²) < 4.78 is 1.82. The van der Waals surface area contributed by atoms with Gasteiger partial charge in [-0.25, -0.2) is 4.98 Å². The number of carbonyl (C=O) groups excluding carboxylic acids is 1. The number of hydrogen-bond acceptors (Lipinski definition) is 5. The molecule has 2 heterocycles. The summed E-state index contributed by atoms with van der Waals surface area (Å²) >= 11 is 0. The van der Waals surface area contributed by atoms with E-state index in [4.69, 9.17) is 5.73 Å². The van der Waals surface area contributed by atoms with Crippen LogP contribution in [-0.2, 0) is 13.5 Å². The Hall–Kier alpha value is -2.44. The SMILES string of the molecule is Cn1cnnc1CCNC(=O)c1ccc(N)nc1. The molecule has 0 aliphatic carbocycles. The van der Waals surface area contributed by atoms with Gasteiger partial charge in [0.15, 0.2) is 0 Å². The van der Waals surface area contributed by atoms with Crippen LogP contribution in [0.1, 0.15) is 16.2 Å². The van der Waals surface area contributed by atoms with Crippen LogP contribution < -0.4 is 11.1 Å². The third kappa shape index (κ3) is 2.82. The normalized spacial score (nSPS) is 10.3. The molecular weight excluding hydrogens is 232 g/mol. The van der Waals surface area contributed by atoms with E-state index < -0.39 is 0 Å². The fourth-order valence-electron chi connectivity index (χ4n) is 1.46. The van der Waals surface area contributed by atoms with Gasteiger partial charge in [0.05, 0.1) is 5.56 Å². The Labute approximate surface area is 104 Å². The number of amides is 1. The van der Waals surface area contributed by atoms with E-state index in [1.54, 1.807) is 18.5 Å². The van der Waals surface area contributed by atoms with Crippen molar-refractivity contribution in [2.24, 2.45) is 7.05 Å². The molecule has 0 aliphatic rings. The molecule has 0 spiro atoms. The lowest BCUT2D eigenvalue weighted by Gasteiger charge is -2.04. The summed E-state index contributed by atoms with van der Waals surface area (Å²) in [6, 6.07) is 3.23. The molecule has 1 amide bonds. The quantitative estimate of drug-likeness (QED) is 0.776. The van der Waals surface area contributed by atoms with Gasteiger partial charge in [-0.1, -0.05) is 0 Å². The van der Waals surface area contributed by atoms with Crippen LogP contribution in [0.3, 0.4) is 0 Å². The predicted octanol–water partition coefficient (Wildman–Crippen LogP) is -0.235. The standard InChI is InChI=1S/C11H14N6O/c1-17-7-15-16-10(17)4-5-13-11(18)8-2-3-9(12)14-6-8/h2-3,6-7H,4-5H2,1H3,(H2,12,14)(H,13,18). The summed E-state index contributed by atoms with van der Waals surface area (Å²) in [6.45, 7) is 0.496. The molecule has 18 heavy (non-hydrogen) atoms. The van der Waals surface area contributed by atoms with Gasteiger partial charge in [-0.05, 0) is 12.1 Å². The lowest BCUT2D eigenvalue weighted by atomic mass is 10.2. The Balaban J connectivity index is 1.85. The van der Waals surface area contributed by atoms with E-state index >= 15 is 0 Å². The first-order valence-electron chi connectivity index (χ1n) is 5.49. The molecule has 0 unspecified atom stereocenters. The second kappa shape index (κ2) is 5.26. The largest absolute Gasteiger partial charge is 0.384 e. The van der Waals surface area contributed by atoms with E-state index in [2.05, 4.69) is 20.5 Å². The highest BCUT2D eigenvalue weighted by Crippen LogP contribution is 2.01. The van der Waals surface area contributed by atoms with Gasteiger partial charge in [-0.3, -0.25) is 4.79 Å². The lowest BCUT2D eigenvalue weighted by molar-refractivity contribution is 0.0953. The van der Waals surface area contributed by atoms with Crippen molar-refractivity contribution in [3.05, 3.63) is 36.0 Å². The van der Waals surface area contributed by atoms with Crippen LogP contribution in [0.2, 0.25) is 0 Å². The van der Waals surface area contributed by atoms with Gasteiger partial charge in [-0.15, -0.1) is 10.2 Å². The molecule has 2 aromatic rings. The molecule has 7 nitrogen and oxygen atoms in total. The number of hydrogen-bond donors (Lipinski definition) is 2. The molecule has 0 fully saturated rings. The van der Waals surface area contributed by atoms with E-state index in [9.17, 15) is 4.79 Å². The fourth-order valence-corrected chi connectivity index (χ4v) is 1.46. The highest BCUT2D eigenvalue weighted by atomic mass is 16.1. The Kier molecular flexibility index (Phi) is 3.52. The van der Waals surface area contributed by atoms with Crippen molar-refractivity contribution in [1.82, 2.24) is 25.1 Å². The number of nitrogens with zero attached hydrogens (tertiary/aromatic N) is 4. The molecule has 0 aromatic carbocycles. The number of nitrogen functional groups attached to an aromatic ring is 1. The number of aryl methyl sites for hydroxylation is 1. The monoisotopic (exact) mass is 246 g/mol. The number of rotatable bonds is 4. The number of nitrogens with two attached hydrogens (primary N) is 1. The van der Waals surface area contributed by atoms with Crippen LogP contribution in [0.15, 0.2) is 24.7 Å². The zero-order chi connectivity index (χ0) is 13.0. The van der Waals surface area contributed by atoms with Crippen molar-refractivity contribution in [2.75, 3.05) is 12.3 Å². The number of anilines is 1. The molecule has 7 heteroatoms. The Bertz CT molecular complexity index is 533. The first-order chi connectivity index (χ1) is 8.66. The van der Waals surface area contributed by atoms with Gasteiger partial charge in [0.1, 0.15) is 18.0 Å². The molecule has 3 N–H and O–H groups in total. The average molecular weight is 246 g/mol. The highest BCUT2D eigenvalue weighted by molar-refractivity contribution is 5.93. The number of carbonyl (C=O) groups is 1. The van der Waals surface area contributed by atoms with E-state index in [0.29, 0.717) is 24.3 Å². The third-order valence-corrected chi connectivity index (χ3v) is 2.49. The fraction of sp³-hybridized carbons (Fsp3) is 0.273. The van der Waals surface area contributed by atoms with Gasteiger partial charge >= 0.3 is 0 Å². The summed E-state index contributed by atoms with van der Waals surface area (Å²) in [5.74, 6) is 1.04. The summed E-state index contributed by atoms with van der Waals surface area (Å²) in [4.78, 5) is 15.6. The minimum absolute atomic E-state index is 0.176. The molecule has 2 aromatic heterocycles. The van der Waals surface area contributed by atoms with E-state index in [-0.39, 0.29) is 5.91 Å². The highest BCUT2D eigenvalue weighted by Gasteiger charge is 2.06. The Morgan fingerprint density at radius 2 is 2.33 bits per heavy atom. The van der Waals surface area contributed by atoms with Gasteiger partial charge in [0.2, 0.25) is 0 Å². The summed E-state index contributed by atoms with van der Waals surface area (Å²) in [7, 11) is 1.86. The van der Waals surface area contributed by atoms with Crippen molar-refractivity contribution >= 4 is 11.7 Å². The van der Waals surface area contributed by atoms with Crippen molar-refractivity contribution in [1.29, 1.82) is 0 Å². The summed E-state index contributed by atoms with van der Waals surface area (Å²) in [5.41, 5.74) is 5.94. The third-order valence-electron chi connectivity index (χ3n) is 2.49. The number of aromatic nitrogens is 4. The Morgan fingerprint density at radius 3 is 2.94 bits per heavy atom. The summed E-state index contributed by atoms with van der Waals surface area (Å²) in [6.07, 6.45) is 3.71. The van der Waals surface area contributed by atoms with Crippen molar-refractivity contribution in [3.8, 4) is 0 Å². The van der Waals surface area contributed by atoms with Gasteiger partial charge in [-0.2, -0.15) is 0 Å². The van der Waals surface area contributed by atoms with Crippen molar-refractivity contribution < 1.29 is 4.79 Å². The molecule has 2 rings (SSSR count). The van der Waals surface area contributed by atoms with E-state index in [0.717, 1.165) is 5.82 Å². The summed E-state index contributed by atoms with van der Waals surface area (Å²) in [5, 5.41) is 10.5. The number of pyridine rings is 1. The predicted molar refractivity (Wildman–Crippen MR) is 65.7 cm³/mol. The average Bonchev–Trinajstić information content (AvgIpc) is 2.76. The van der Waals surface area contributed by atoms with Gasteiger partial charge in [0.25, 0.3) is 5.91 Å². The molecule has 0 saturated heterocycles. The zero-order valence-corrected chi connectivity index (χ0v) is 10.00. The molecule has 94 valence electrons. The maximum Gasteiger partial charge on any atom is 0.252 e. The molecule has 0 bridgehead atoms. The van der Waals surface area contributed by atoms with Crippen LogP contribution in [0.25, 0.3) is 0 Å². The first kappa shape index (κ1) is 12.0.